The maximum atomic E-state index is 8.95. The molecule has 0 radical (unpaired) electrons. The van der Waals surface area contributed by atoms with E-state index < -0.39 is 0 Å². The Morgan fingerprint density at radius 3 is 3.00 bits per heavy atom. The van der Waals surface area contributed by atoms with Crippen molar-refractivity contribution < 1.29 is 9.47 Å². The van der Waals surface area contributed by atoms with Crippen molar-refractivity contribution in [3.8, 4) is 11.8 Å². The molecule has 1 aromatic rings. The summed E-state index contributed by atoms with van der Waals surface area (Å²) in [5, 5.41) is 12.5. The molecule has 0 saturated carbocycles. The molecule has 3 atom stereocenters. The van der Waals surface area contributed by atoms with Gasteiger partial charge in [-0.1, -0.05) is 6.07 Å². The van der Waals surface area contributed by atoms with Gasteiger partial charge in [-0.3, -0.25) is 0 Å². The lowest BCUT2D eigenvalue weighted by atomic mass is 9.95. The number of nitriles is 1. The topological polar surface area (TPSA) is 54.3 Å². The Kier molecular flexibility index (Phi) is 3.41. The van der Waals surface area contributed by atoms with E-state index in [4.69, 9.17) is 14.7 Å². The van der Waals surface area contributed by atoms with Crippen LogP contribution in [0, 0.1) is 11.3 Å². The van der Waals surface area contributed by atoms with Gasteiger partial charge in [0.25, 0.3) is 0 Å². The Hall–Kier alpha value is -1.57. The highest BCUT2D eigenvalue weighted by Gasteiger charge is 2.40. The summed E-state index contributed by atoms with van der Waals surface area (Å²) in [6.07, 6.45) is 4.38. The van der Waals surface area contributed by atoms with Gasteiger partial charge in [-0.2, -0.15) is 5.26 Å². The third kappa shape index (κ3) is 2.44. The maximum absolute atomic E-state index is 8.95. The normalized spacial score (nSPS) is 28.3. The first kappa shape index (κ1) is 12.5. The summed E-state index contributed by atoms with van der Waals surface area (Å²) < 4.78 is 11.0. The van der Waals surface area contributed by atoms with Crippen LogP contribution in [0.5, 0.6) is 5.75 Å². The van der Waals surface area contributed by atoms with Gasteiger partial charge in [0.15, 0.2) is 0 Å². The van der Waals surface area contributed by atoms with Crippen molar-refractivity contribution >= 4 is 0 Å². The minimum absolute atomic E-state index is 0.394. The number of methoxy groups -OCH3 is 1. The first-order chi connectivity index (χ1) is 9.30. The molecule has 0 aromatic heterocycles. The molecule has 3 rings (SSSR count). The van der Waals surface area contributed by atoms with Gasteiger partial charge in [0.05, 0.1) is 24.9 Å². The van der Waals surface area contributed by atoms with Crippen molar-refractivity contribution in [3.63, 3.8) is 0 Å². The van der Waals surface area contributed by atoms with E-state index in [1.165, 1.54) is 12.8 Å². The highest BCUT2D eigenvalue weighted by molar-refractivity contribution is 5.45. The second-order valence-electron chi connectivity index (χ2n) is 5.24. The van der Waals surface area contributed by atoms with Gasteiger partial charge >= 0.3 is 0 Å². The molecule has 2 bridgehead atoms. The number of fused-ring (bicyclic) bond motifs is 2. The average molecular weight is 258 g/mol. The molecule has 19 heavy (non-hydrogen) atoms. The molecule has 1 N–H and O–H groups in total. The van der Waals surface area contributed by atoms with Crippen LogP contribution in [-0.4, -0.2) is 25.4 Å². The van der Waals surface area contributed by atoms with Crippen molar-refractivity contribution in [1.29, 1.82) is 5.26 Å². The SMILES string of the molecule is COc1cc(CNC2CC3CCC2O3)ccc1C#N. The predicted octanol–water partition coefficient (Wildman–Crippen LogP) is 1.98. The number of benzene rings is 1. The van der Waals surface area contributed by atoms with Gasteiger partial charge in [-0.25, -0.2) is 0 Å². The Labute approximate surface area is 113 Å². The zero-order chi connectivity index (χ0) is 13.2. The van der Waals surface area contributed by atoms with Gasteiger partial charge in [0, 0.05) is 12.6 Å². The lowest BCUT2D eigenvalue weighted by Crippen LogP contribution is -2.36. The molecular weight excluding hydrogens is 240 g/mol. The van der Waals surface area contributed by atoms with Gasteiger partial charge < -0.3 is 14.8 Å². The number of hydrogen-bond acceptors (Lipinski definition) is 4. The molecule has 2 heterocycles. The maximum Gasteiger partial charge on any atom is 0.136 e. The smallest absolute Gasteiger partial charge is 0.136 e. The van der Waals surface area contributed by atoms with Gasteiger partial charge in [0.2, 0.25) is 0 Å². The number of rotatable bonds is 4. The first-order valence-electron chi connectivity index (χ1n) is 6.76. The molecule has 2 saturated heterocycles. The van der Waals surface area contributed by atoms with Crippen LogP contribution in [-0.2, 0) is 11.3 Å². The highest BCUT2D eigenvalue weighted by Crippen LogP contribution is 2.34. The molecule has 2 aliphatic heterocycles. The second-order valence-corrected chi connectivity index (χ2v) is 5.24. The summed E-state index contributed by atoms with van der Waals surface area (Å²) in [7, 11) is 1.59. The van der Waals surface area contributed by atoms with Crippen LogP contribution < -0.4 is 10.1 Å². The third-order valence-electron chi connectivity index (χ3n) is 4.06. The van der Waals surface area contributed by atoms with Gasteiger partial charge in [-0.05, 0) is 37.0 Å². The monoisotopic (exact) mass is 258 g/mol. The van der Waals surface area contributed by atoms with E-state index in [9.17, 15) is 0 Å². The summed E-state index contributed by atoms with van der Waals surface area (Å²) in [6.45, 7) is 0.791. The molecular formula is C15H18N2O2. The standard InChI is InChI=1S/C15H18N2O2/c1-18-15-6-10(2-3-11(15)8-16)9-17-13-7-12-4-5-14(13)19-12/h2-3,6,12-14,17H,4-5,7,9H2,1H3. The fraction of sp³-hybridized carbons (Fsp3) is 0.533. The first-order valence-corrected chi connectivity index (χ1v) is 6.76. The number of hydrogen-bond donors (Lipinski definition) is 1. The van der Waals surface area contributed by atoms with Crippen LogP contribution >= 0.6 is 0 Å². The lowest BCUT2D eigenvalue weighted by molar-refractivity contribution is 0.0973. The van der Waals surface area contributed by atoms with Crippen molar-refractivity contribution in [1.82, 2.24) is 5.32 Å². The van der Waals surface area contributed by atoms with Crippen LogP contribution in [0.4, 0.5) is 0 Å². The van der Waals surface area contributed by atoms with Crippen LogP contribution in [0.2, 0.25) is 0 Å². The molecule has 0 spiro atoms. The minimum atomic E-state index is 0.394. The van der Waals surface area contributed by atoms with Crippen LogP contribution in [0.15, 0.2) is 18.2 Å². The summed E-state index contributed by atoms with van der Waals surface area (Å²) in [6, 6.07) is 8.32. The molecule has 4 nitrogen and oxygen atoms in total. The molecule has 2 fully saturated rings. The predicted molar refractivity (Wildman–Crippen MR) is 70.8 cm³/mol. The number of nitrogens with one attached hydrogen (secondary N) is 1. The average Bonchev–Trinajstić information content (AvgIpc) is 3.07. The molecule has 3 unspecified atom stereocenters. The summed E-state index contributed by atoms with van der Waals surface area (Å²) in [5.74, 6) is 0.644. The van der Waals surface area contributed by atoms with Crippen LogP contribution in [0.25, 0.3) is 0 Å². The Bertz CT molecular complexity index is 509. The minimum Gasteiger partial charge on any atom is -0.495 e. The third-order valence-corrected chi connectivity index (χ3v) is 4.06. The Balaban J connectivity index is 1.62. The Morgan fingerprint density at radius 1 is 1.47 bits per heavy atom. The van der Waals surface area contributed by atoms with Gasteiger partial charge in [0.1, 0.15) is 11.8 Å². The number of ether oxygens (including phenoxy) is 2. The molecule has 4 heteroatoms. The number of nitrogens with zero attached hydrogens (tertiary/aromatic N) is 1. The fourth-order valence-corrected chi connectivity index (χ4v) is 3.04. The fourth-order valence-electron chi connectivity index (χ4n) is 3.04. The van der Waals surface area contributed by atoms with Crippen molar-refractivity contribution in [2.75, 3.05) is 7.11 Å². The van der Waals surface area contributed by atoms with Crippen molar-refractivity contribution in [2.45, 2.75) is 44.1 Å². The van der Waals surface area contributed by atoms with Gasteiger partial charge in [-0.15, -0.1) is 0 Å². The van der Waals surface area contributed by atoms with E-state index >= 15 is 0 Å². The Morgan fingerprint density at radius 2 is 2.37 bits per heavy atom. The summed E-state index contributed by atoms with van der Waals surface area (Å²) in [5.41, 5.74) is 1.72. The highest BCUT2D eigenvalue weighted by atomic mass is 16.5. The summed E-state index contributed by atoms with van der Waals surface area (Å²) >= 11 is 0. The summed E-state index contributed by atoms with van der Waals surface area (Å²) in [4.78, 5) is 0. The van der Waals surface area contributed by atoms with Crippen molar-refractivity contribution in [2.24, 2.45) is 0 Å². The van der Waals surface area contributed by atoms with E-state index in [2.05, 4.69) is 11.4 Å². The zero-order valence-corrected chi connectivity index (χ0v) is 11.1. The van der Waals surface area contributed by atoms with E-state index in [1.54, 1.807) is 7.11 Å². The molecule has 0 amide bonds. The molecule has 0 aliphatic carbocycles. The largest absolute Gasteiger partial charge is 0.495 e. The van der Waals surface area contributed by atoms with Crippen molar-refractivity contribution in [3.05, 3.63) is 29.3 Å². The lowest BCUT2D eigenvalue weighted by Gasteiger charge is -2.20. The van der Waals surface area contributed by atoms with E-state index in [0.717, 1.165) is 18.5 Å². The van der Waals surface area contributed by atoms with E-state index in [1.807, 2.05) is 18.2 Å². The second kappa shape index (κ2) is 5.20. The van der Waals surface area contributed by atoms with Crippen LogP contribution in [0.1, 0.15) is 30.4 Å². The zero-order valence-electron chi connectivity index (χ0n) is 11.1. The quantitative estimate of drug-likeness (QED) is 0.897. The molecule has 1 aromatic carbocycles. The van der Waals surface area contributed by atoms with E-state index in [-0.39, 0.29) is 0 Å². The molecule has 2 aliphatic rings. The van der Waals surface area contributed by atoms with E-state index in [0.29, 0.717) is 29.6 Å². The van der Waals surface area contributed by atoms with Crippen LogP contribution in [0.3, 0.4) is 0 Å². The molecule has 100 valence electrons.